The van der Waals surface area contributed by atoms with Crippen LogP contribution in [-0.2, 0) is 21.3 Å². The minimum atomic E-state index is -4.09. The van der Waals surface area contributed by atoms with E-state index in [0.29, 0.717) is 16.5 Å². The number of furan rings is 1. The van der Waals surface area contributed by atoms with Gasteiger partial charge in [0, 0.05) is 24.2 Å². The molecule has 0 N–H and O–H groups in total. The Morgan fingerprint density at radius 3 is 2.56 bits per heavy atom. The SMILES string of the molecule is CN(Cc1cc(-c2ccccc2F)n(S(=O)(=O)c2ccc3occc3c2)c1)C(=O)OC(C)(C)C. The van der Waals surface area contributed by atoms with Crippen LogP contribution >= 0.6 is 0 Å². The van der Waals surface area contributed by atoms with Gasteiger partial charge in [-0.15, -0.1) is 0 Å². The van der Waals surface area contributed by atoms with Crippen molar-refractivity contribution in [1.29, 1.82) is 0 Å². The number of nitrogens with zero attached hydrogens (tertiary/aromatic N) is 2. The maximum absolute atomic E-state index is 14.7. The molecule has 2 aromatic heterocycles. The van der Waals surface area contributed by atoms with Gasteiger partial charge in [-0.3, -0.25) is 0 Å². The van der Waals surface area contributed by atoms with E-state index in [2.05, 4.69) is 0 Å². The molecule has 9 heteroatoms. The van der Waals surface area contributed by atoms with Gasteiger partial charge in [0.2, 0.25) is 0 Å². The van der Waals surface area contributed by atoms with Crippen LogP contribution in [0.25, 0.3) is 22.2 Å². The minimum absolute atomic E-state index is 0.0293. The Balaban J connectivity index is 1.78. The highest BCUT2D eigenvalue weighted by Crippen LogP contribution is 2.31. The molecule has 0 fully saturated rings. The monoisotopic (exact) mass is 484 g/mol. The third-order valence-electron chi connectivity index (χ3n) is 5.10. The molecule has 1 amide bonds. The van der Waals surface area contributed by atoms with E-state index in [1.54, 1.807) is 52.1 Å². The van der Waals surface area contributed by atoms with Crippen LogP contribution in [-0.4, -0.2) is 36.0 Å². The summed E-state index contributed by atoms with van der Waals surface area (Å²) in [6.45, 7) is 5.35. The van der Waals surface area contributed by atoms with Crippen molar-refractivity contribution in [3.8, 4) is 11.3 Å². The Morgan fingerprint density at radius 2 is 1.85 bits per heavy atom. The van der Waals surface area contributed by atoms with E-state index in [9.17, 15) is 17.6 Å². The lowest BCUT2D eigenvalue weighted by atomic mass is 10.1. The number of rotatable bonds is 5. The Labute approximate surface area is 197 Å². The highest BCUT2D eigenvalue weighted by molar-refractivity contribution is 7.90. The molecule has 0 aliphatic carbocycles. The predicted molar refractivity (Wildman–Crippen MR) is 126 cm³/mol. The first-order chi connectivity index (χ1) is 16.0. The van der Waals surface area contributed by atoms with Crippen molar-refractivity contribution in [1.82, 2.24) is 8.87 Å². The molecule has 2 heterocycles. The third kappa shape index (κ3) is 4.70. The standard InChI is InChI=1S/C25H25FN2O5S/c1-25(2,3)33-24(29)27(4)15-17-13-22(20-7-5-6-8-21(20)26)28(16-17)34(30,31)19-9-10-23-18(14-19)11-12-32-23/h5-14,16H,15H2,1-4H3. The van der Waals surface area contributed by atoms with Crippen molar-refractivity contribution in [2.75, 3.05) is 7.05 Å². The molecule has 2 aromatic carbocycles. The van der Waals surface area contributed by atoms with E-state index in [-0.39, 0.29) is 22.7 Å². The zero-order valence-corrected chi connectivity index (χ0v) is 20.1. The first-order valence-electron chi connectivity index (χ1n) is 10.6. The normalized spacial score (nSPS) is 12.1. The van der Waals surface area contributed by atoms with Crippen molar-refractivity contribution >= 4 is 27.1 Å². The van der Waals surface area contributed by atoms with Crippen LogP contribution in [0.3, 0.4) is 0 Å². The van der Waals surface area contributed by atoms with Gasteiger partial charge in [0.25, 0.3) is 10.0 Å². The maximum atomic E-state index is 14.7. The van der Waals surface area contributed by atoms with Crippen molar-refractivity contribution in [2.24, 2.45) is 0 Å². The number of halogens is 1. The van der Waals surface area contributed by atoms with Gasteiger partial charge in [-0.2, -0.15) is 0 Å². The summed E-state index contributed by atoms with van der Waals surface area (Å²) < 4.78 is 53.7. The number of fused-ring (bicyclic) bond motifs is 1. The molecule has 0 saturated carbocycles. The molecule has 4 aromatic rings. The number of carbonyl (C=O) groups excluding carboxylic acids is 1. The van der Waals surface area contributed by atoms with E-state index in [4.69, 9.17) is 9.15 Å². The van der Waals surface area contributed by atoms with Gasteiger partial charge in [-0.05, 0) is 68.8 Å². The summed E-state index contributed by atoms with van der Waals surface area (Å²) in [5, 5.41) is 0.630. The van der Waals surface area contributed by atoms with E-state index in [0.717, 1.165) is 3.97 Å². The van der Waals surface area contributed by atoms with E-state index < -0.39 is 27.5 Å². The van der Waals surface area contributed by atoms with Gasteiger partial charge in [-0.1, -0.05) is 12.1 Å². The van der Waals surface area contributed by atoms with Crippen LogP contribution in [0.4, 0.5) is 9.18 Å². The van der Waals surface area contributed by atoms with Crippen LogP contribution in [0.2, 0.25) is 0 Å². The van der Waals surface area contributed by atoms with Crippen LogP contribution in [0, 0.1) is 5.82 Å². The van der Waals surface area contributed by atoms with Crippen molar-refractivity contribution in [3.05, 3.63) is 78.4 Å². The lowest BCUT2D eigenvalue weighted by Crippen LogP contribution is -2.33. The van der Waals surface area contributed by atoms with Crippen LogP contribution < -0.4 is 0 Å². The molecular formula is C25H25FN2O5S. The van der Waals surface area contributed by atoms with Crippen LogP contribution in [0.1, 0.15) is 26.3 Å². The Hall–Kier alpha value is -3.59. The Morgan fingerprint density at radius 1 is 1.12 bits per heavy atom. The summed E-state index contributed by atoms with van der Waals surface area (Å²) in [4.78, 5) is 13.8. The number of hydrogen-bond acceptors (Lipinski definition) is 5. The predicted octanol–water partition coefficient (Wildman–Crippen LogP) is 5.64. The van der Waals surface area contributed by atoms with Crippen molar-refractivity contribution in [2.45, 2.75) is 37.8 Å². The second kappa shape index (κ2) is 8.64. The summed E-state index contributed by atoms with van der Waals surface area (Å²) in [5.41, 5.74) is 0.657. The molecule has 0 atom stereocenters. The molecule has 4 rings (SSSR count). The largest absolute Gasteiger partial charge is 0.464 e. The Kier molecular flexibility index (Phi) is 5.99. The molecule has 0 saturated heterocycles. The molecule has 0 aliphatic rings. The summed E-state index contributed by atoms with van der Waals surface area (Å²) >= 11 is 0. The maximum Gasteiger partial charge on any atom is 0.410 e. The highest BCUT2D eigenvalue weighted by atomic mass is 32.2. The van der Waals surface area contributed by atoms with Crippen molar-refractivity contribution in [3.63, 3.8) is 0 Å². The number of carbonyl (C=O) groups is 1. The topological polar surface area (TPSA) is 81.8 Å². The molecule has 0 bridgehead atoms. The zero-order chi connectivity index (χ0) is 24.7. The lowest BCUT2D eigenvalue weighted by Gasteiger charge is -2.24. The number of hydrogen-bond donors (Lipinski definition) is 0. The van der Waals surface area contributed by atoms with Gasteiger partial charge in [0.05, 0.1) is 23.4 Å². The molecule has 178 valence electrons. The molecular weight excluding hydrogens is 459 g/mol. The van der Waals surface area contributed by atoms with Gasteiger partial charge in [0.15, 0.2) is 0 Å². The third-order valence-corrected chi connectivity index (χ3v) is 6.77. The van der Waals surface area contributed by atoms with Gasteiger partial charge in [0.1, 0.15) is 17.0 Å². The van der Waals surface area contributed by atoms with Gasteiger partial charge in [-0.25, -0.2) is 21.6 Å². The van der Waals surface area contributed by atoms with E-state index in [1.165, 1.54) is 47.7 Å². The second-order valence-electron chi connectivity index (χ2n) is 8.97. The first-order valence-corrected chi connectivity index (χ1v) is 12.0. The summed E-state index contributed by atoms with van der Waals surface area (Å²) in [6.07, 6.45) is 2.32. The van der Waals surface area contributed by atoms with Gasteiger partial charge >= 0.3 is 6.09 Å². The van der Waals surface area contributed by atoms with Crippen molar-refractivity contribution < 1.29 is 26.8 Å². The first kappa shape index (κ1) is 23.6. The zero-order valence-electron chi connectivity index (χ0n) is 19.3. The average Bonchev–Trinajstić information content (AvgIpc) is 3.39. The quantitative estimate of drug-likeness (QED) is 0.366. The summed E-state index contributed by atoms with van der Waals surface area (Å²) in [7, 11) is -2.54. The number of ether oxygens (including phenoxy) is 1. The Bertz CT molecular complexity index is 1460. The fourth-order valence-electron chi connectivity index (χ4n) is 3.54. The van der Waals surface area contributed by atoms with E-state index >= 15 is 0 Å². The minimum Gasteiger partial charge on any atom is -0.464 e. The van der Waals surface area contributed by atoms with E-state index in [1.807, 2.05) is 0 Å². The smallest absolute Gasteiger partial charge is 0.410 e. The molecule has 0 spiro atoms. The highest BCUT2D eigenvalue weighted by Gasteiger charge is 2.25. The molecule has 0 unspecified atom stereocenters. The van der Waals surface area contributed by atoms with Gasteiger partial charge < -0.3 is 14.1 Å². The molecule has 0 aliphatic heterocycles. The summed E-state index contributed by atoms with van der Waals surface area (Å²) in [6, 6.07) is 13.7. The fourth-order valence-corrected chi connectivity index (χ4v) is 4.97. The second-order valence-corrected chi connectivity index (χ2v) is 10.8. The lowest BCUT2D eigenvalue weighted by molar-refractivity contribution is 0.0285. The fraction of sp³-hybridized carbons (Fsp3) is 0.240. The number of aromatic nitrogens is 1. The number of benzene rings is 2. The van der Waals surface area contributed by atoms with Crippen LogP contribution in [0.5, 0.6) is 0 Å². The summed E-state index contributed by atoms with van der Waals surface area (Å²) in [5.74, 6) is -0.561. The average molecular weight is 485 g/mol. The molecule has 7 nitrogen and oxygen atoms in total. The molecule has 34 heavy (non-hydrogen) atoms. The number of amides is 1. The molecule has 0 radical (unpaired) electrons. The van der Waals surface area contributed by atoms with Crippen LogP contribution in [0.15, 0.2) is 76.4 Å².